The van der Waals surface area contributed by atoms with E-state index in [-0.39, 0.29) is 41.7 Å². The van der Waals surface area contributed by atoms with Crippen LogP contribution in [0.1, 0.15) is 17.3 Å². The normalized spacial score (nSPS) is 17.0. The van der Waals surface area contributed by atoms with Gasteiger partial charge in [-0.15, -0.1) is 12.4 Å². The highest BCUT2D eigenvalue weighted by Crippen LogP contribution is 2.25. The zero-order valence-corrected chi connectivity index (χ0v) is 16.4. The number of piperazine rings is 1. The zero-order chi connectivity index (χ0) is 19.4. The summed E-state index contributed by atoms with van der Waals surface area (Å²) in [7, 11) is -3.39. The van der Waals surface area contributed by atoms with Crippen molar-refractivity contribution < 1.29 is 26.4 Å². The standard InChI is InChI=1S/C16H22F3N3O3S.ClH/c1-2-26(24,25)13-5-3-12(4-6-13)15(23)21-11-14(16(17,18)19)22-9-7-20-8-10-22;/h3-6,14,20H,2,7-11H2,1H3,(H,21,23);1H. The van der Waals surface area contributed by atoms with Gasteiger partial charge >= 0.3 is 6.18 Å². The predicted molar refractivity (Wildman–Crippen MR) is 98.0 cm³/mol. The van der Waals surface area contributed by atoms with Crippen molar-refractivity contribution in [2.24, 2.45) is 0 Å². The highest BCUT2D eigenvalue weighted by molar-refractivity contribution is 7.91. The number of amides is 1. The van der Waals surface area contributed by atoms with E-state index in [0.717, 1.165) is 0 Å². The summed E-state index contributed by atoms with van der Waals surface area (Å²) < 4.78 is 63.4. The van der Waals surface area contributed by atoms with Crippen LogP contribution in [-0.2, 0) is 9.84 Å². The van der Waals surface area contributed by atoms with E-state index in [0.29, 0.717) is 13.1 Å². The number of rotatable bonds is 6. The minimum Gasteiger partial charge on any atom is -0.350 e. The molecule has 1 atom stereocenters. The van der Waals surface area contributed by atoms with E-state index >= 15 is 0 Å². The molecule has 0 spiro atoms. The first-order valence-corrected chi connectivity index (χ1v) is 9.93. The first-order chi connectivity index (χ1) is 12.1. The summed E-state index contributed by atoms with van der Waals surface area (Å²) in [6, 6.07) is 3.40. The molecular formula is C16H23ClF3N3O3S. The van der Waals surface area contributed by atoms with Crippen molar-refractivity contribution in [3.8, 4) is 0 Å². The van der Waals surface area contributed by atoms with Gasteiger partial charge in [-0.25, -0.2) is 8.42 Å². The largest absolute Gasteiger partial charge is 0.405 e. The molecule has 11 heteroatoms. The highest BCUT2D eigenvalue weighted by Gasteiger charge is 2.43. The molecule has 1 fully saturated rings. The van der Waals surface area contributed by atoms with Crippen LogP contribution in [0.2, 0.25) is 0 Å². The number of halogens is 4. The molecule has 6 nitrogen and oxygen atoms in total. The number of hydrogen-bond acceptors (Lipinski definition) is 5. The van der Waals surface area contributed by atoms with Gasteiger partial charge in [0, 0.05) is 38.3 Å². The molecule has 1 amide bonds. The molecule has 27 heavy (non-hydrogen) atoms. The monoisotopic (exact) mass is 429 g/mol. The second kappa shape index (κ2) is 9.72. The van der Waals surface area contributed by atoms with Crippen molar-refractivity contribution in [3.05, 3.63) is 29.8 Å². The molecule has 1 unspecified atom stereocenters. The Balaban J connectivity index is 0.00000364. The lowest BCUT2D eigenvalue weighted by molar-refractivity contribution is -0.183. The third kappa shape index (κ3) is 6.34. The van der Waals surface area contributed by atoms with Gasteiger partial charge in [0.1, 0.15) is 6.04 Å². The van der Waals surface area contributed by atoms with E-state index in [4.69, 9.17) is 0 Å². The van der Waals surface area contributed by atoms with Crippen LogP contribution in [0.25, 0.3) is 0 Å². The second-order valence-corrected chi connectivity index (χ2v) is 8.26. The fourth-order valence-corrected chi connectivity index (χ4v) is 3.60. The molecule has 0 aromatic heterocycles. The van der Waals surface area contributed by atoms with Crippen molar-refractivity contribution in [2.45, 2.75) is 24.0 Å². The van der Waals surface area contributed by atoms with Crippen LogP contribution in [-0.4, -0.2) is 69.9 Å². The first-order valence-electron chi connectivity index (χ1n) is 8.27. The summed E-state index contributed by atoms with van der Waals surface area (Å²) in [6.45, 7) is 2.38. The fourth-order valence-electron chi connectivity index (χ4n) is 2.72. The molecular weight excluding hydrogens is 407 g/mol. The van der Waals surface area contributed by atoms with E-state index in [1.165, 1.54) is 36.1 Å². The Hall–Kier alpha value is -1.36. The summed E-state index contributed by atoms with van der Waals surface area (Å²) in [6.07, 6.45) is -4.45. The van der Waals surface area contributed by atoms with E-state index in [2.05, 4.69) is 10.6 Å². The number of nitrogens with zero attached hydrogens (tertiary/aromatic N) is 1. The molecule has 154 valence electrons. The van der Waals surface area contributed by atoms with Crippen molar-refractivity contribution in [3.63, 3.8) is 0 Å². The number of benzene rings is 1. The average molecular weight is 430 g/mol. The van der Waals surface area contributed by atoms with Crippen molar-refractivity contribution in [1.82, 2.24) is 15.5 Å². The van der Waals surface area contributed by atoms with Gasteiger partial charge in [-0.2, -0.15) is 13.2 Å². The molecule has 0 aliphatic carbocycles. The Morgan fingerprint density at radius 3 is 2.26 bits per heavy atom. The van der Waals surface area contributed by atoms with Crippen LogP contribution in [0.5, 0.6) is 0 Å². The van der Waals surface area contributed by atoms with E-state index in [1.54, 1.807) is 0 Å². The summed E-state index contributed by atoms with van der Waals surface area (Å²) >= 11 is 0. The number of alkyl halides is 3. The average Bonchev–Trinajstić information content (AvgIpc) is 2.61. The van der Waals surface area contributed by atoms with Gasteiger partial charge in [0.2, 0.25) is 0 Å². The highest BCUT2D eigenvalue weighted by atomic mass is 35.5. The summed E-state index contributed by atoms with van der Waals surface area (Å²) in [4.78, 5) is 13.5. The summed E-state index contributed by atoms with van der Waals surface area (Å²) in [5, 5.41) is 5.29. The number of sulfone groups is 1. The van der Waals surface area contributed by atoms with E-state index in [9.17, 15) is 26.4 Å². The quantitative estimate of drug-likeness (QED) is 0.716. The molecule has 0 radical (unpaired) electrons. The fraction of sp³-hybridized carbons (Fsp3) is 0.562. The lowest BCUT2D eigenvalue weighted by Gasteiger charge is -2.35. The lowest BCUT2D eigenvalue weighted by Crippen LogP contribution is -2.57. The maximum Gasteiger partial charge on any atom is 0.405 e. The number of hydrogen-bond donors (Lipinski definition) is 2. The van der Waals surface area contributed by atoms with Gasteiger partial charge in [-0.05, 0) is 24.3 Å². The molecule has 2 N–H and O–H groups in total. The molecule has 0 bridgehead atoms. The SMILES string of the molecule is CCS(=O)(=O)c1ccc(C(=O)NCC(N2CCNCC2)C(F)(F)F)cc1.Cl. The van der Waals surface area contributed by atoms with Gasteiger partial charge in [-0.1, -0.05) is 6.92 Å². The van der Waals surface area contributed by atoms with Gasteiger partial charge in [-0.3, -0.25) is 9.69 Å². The number of carbonyl (C=O) groups is 1. The topological polar surface area (TPSA) is 78.5 Å². The number of nitrogens with one attached hydrogen (secondary N) is 2. The third-order valence-corrected chi connectivity index (χ3v) is 6.03. The molecule has 2 rings (SSSR count). The van der Waals surface area contributed by atoms with Gasteiger partial charge in [0.15, 0.2) is 9.84 Å². The Morgan fingerprint density at radius 2 is 1.78 bits per heavy atom. The van der Waals surface area contributed by atoms with Crippen LogP contribution in [0.15, 0.2) is 29.2 Å². The molecule has 1 aliphatic heterocycles. The molecule has 1 saturated heterocycles. The molecule has 1 aromatic carbocycles. The van der Waals surface area contributed by atoms with Crippen molar-refractivity contribution in [2.75, 3.05) is 38.5 Å². The number of carbonyl (C=O) groups excluding carboxylic acids is 1. The van der Waals surface area contributed by atoms with Gasteiger partial charge in [0.25, 0.3) is 5.91 Å². The predicted octanol–water partition coefficient (Wildman–Crippen LogP) is 1.47. The van der Waals surface area contributed by atoms with Crippen LogP contribution >= 0.6 is 12.4 Å². The smallest absolute Gasteiger partial charge is 0.350 e. The van der Waals surface area contributed by atoms with Crippen LogP contribution in [0.4, 0.5) is 13.2 Å². The van der Waals surface area contributed by atoms with Crippen molar-refractivity contribution in [1.29, 1.82) is 0 Å². The summed E-state index contributed by atoms with van der Waals surface area (Å²) in [5.41, 5.74) is 0.112. The molecule has 0 saturated carbocycles. The minimum absolute atomic E-state index is 0. The van der Waals surface area contributed by atoms with Crippen LogP contribution in [0.3, 0.4) is 0 Å². The van der Waals surface area contributed by atoms with E-state index in [1.807, 2.05) is 0 Å². The lowest BCUT2D eigenvalue weighted by atomic mass is 10.1. The van der Waals surface area contributed by atoms with E-state index < -0.39 is 34.5 Å². The van der Waals surface area contributed by atoms with Crippen LogP contribution < -0.4 is 10.6 Å². The molecule has 1 aromatic rings. The maximum absolute atomic E-state index is 13.3. The second-order valence-electron chi connectivity index (χ2n) is 5.98. The molecule has 1 heterocycles. The summed E-state index contributed by atoms with van der Waals surface area (Å²) in [5.74, 6) is -0.744. The Morgan fingerprint density at radius 1 is 1.22 bits per heavy atom. The Kier molecular flexibility index (Phi) is 8.52. The van der Waals surface area contributed by atoms with Gasteiger partial charge < -0.3 is 10.6 Å². The Bertz CT molecular complexity index is 721. The first kappa shape index (κ1) is 23.7. The molecule has 1 aliphatic rings. The Labute approximate surface area is 162 Å². The maximum atomic E-state index is 13.3. The third-order valence-electron chi connectivity index (χ3n) is 4.28. The minimum atomic E-state index is -4.45. The van der Waals surface area contributed by atoms with Crippen molar-refractivity contribution >= 4 is 28.2 Å². The van der Waals surface area contributed by atoms with Gasteiger partial charge in [0.05, 0.1) is 10.6 Å². The zero-order valence-electron chi connectivity index (χ0n) is 14.8. The van der Waals surface area contributed by atoms with Crippen LogP contribution in [0, 0.1) is 0 Å².